The Morgan fingerprint density at radius 3 is 2.57 bits per heavy atom. The molecule has 1 atom stereocenters. The summed E-state index contributed by atoms with van der Waals surface area (Å²) in [5, 5.41) is 2.10. The van der Waals surface area contributed by atoms with Gasteiger partial charge in [-0.15, -0.1) is 11.3 Å². The minimum Gasteiger partial charge on any atom is -0.333 e. The minimum absolute atomic E-state index is 0.101. The highest BCUT2D eigenvalue weighted by Crippen LogP contribution is 2.32. The highest BCUT2D eigenvalue weighted by molar-refractivity contribution is 7.17. The van der Waals surface area contributed by atoms with E-state index >= 15 is 0 Å². The number of thiophene rings is 1. The molecule has 0 aliphatic carbocycles. The third-order valence-corrected chi connectivity index (χ3v) is 6.62. The molecule has 4 heteroatoms. The number of rotatable bonds is 3. The van der Waals surface area contributed by atoms with Gasteiger partial charge in [-0.2, -0.15) is 0 Å². The number of carbonyl (C=O) groups is 1. The normalized spacial score (nSPS) is 14.8. The predicted octanol–water partition coefficient (Wildman–Crippen LogP) is 5.51. The van der Waals surface area contributed by atoms with Crippen molar-refractivity contribution >= 4 is 27.5 Å². The number of benzene rings is 2. The molecular formula is C24H22N2OS. The van der Waals surface area contributed by atoms with Crippen LogP contribution in [0.4, 0.5) is 0 Å². The number of hydrogen-bond acceptors (Lipinski definition) is 2. The third-order valence-electron chi connectivity index (χ3n) is 5.77. The molecule has 1 aliphatic heterocycles. The summed E-state index contributed by atoms with van der Waals surface area (Å²) in [6.45, 7) is 3.64. The molecule has 140 valence electrons. The predicted molar refractivity (Wildman–Crippen MR) is 115 cm³/mol. The molecule has 0 N–H and O–H groups in total. The Labute approximate surface area is 168 Å². The number of aromatic nitrogens is 1. The molecule has 0 saturated carbocycles. The zero-order valence-electron chi connectivity index (χ0n) is 15.8. The lowest BCUT2D eigenvalue weighted by Crippen LogP contribution is -2.37. The zero-order valence-corrected chi connectivity index (χ0v) is 16.7. The van der Waals surface area contributed by atoms with Crippen LogP contribution in [0.1, 0.15) is 40.1 Å². The van der Waals surface area contributed by atoms with E-state index in [1.165, 1.54) is 21.4 Å². The van der Waals surface area contributed by atoms with E-state index in [1.54, 1.807) is 11.3 Å². The molecule has 4 aromatic rings. The lowest BCUT2D eigenvalue weighted by molar-refractivity contribution is 0.0723. The van der Waals surface area contributed by atoms with Crippen LogP contribution in [0, 0.1) is 0 Å². The first-order chi connectivity index (χ1) is 13.7. The largest absolute Gasteiger partial charge is 0.333 e. The molecule has 2 aromatic carbocycles. The van der Waals surface area contributed by atoms with Gasteiger partial charge in [0, 0.05) is 13.1 Å². The first-order valence-corrected chi connectivity index (χ1v) is 10.6. The number of amides is 1. The molecule has 28 heavy (non-hydrogen) atoms. The Balaban J connectivity index is 1.54. The summed E-state index contributed by atoms with van der Waals surface area (Å²) in [4.78, 5) is 15.5. The average Bonchev–Trinajstić information content (AvgIpc) is 3.34. The van der Waals surface area contributed by atoms with Gasteiger partial charge in [-0.25, -0.2) is 0 Å². The number of carbonyl (C=O) groups excluding carboxylic acids is 1. The third kappa shape index (κ3) is 2.85. The molecule has 2 aromatic heterocycles. The van der Waals surface area contributed by atoms with Crippen molar-refractivity contribution in [1.82, 2.24) is 9.47 Å². The summed E-state index contributed by atoms with van der Waals surface area (Å²) in [7, 11) is 0. The van der Waals surface area contributed by atoms with Crippen LogP contribution in [0.5, 0.6) is 0 Å². The van der Waals surface area contributed by atoms with Crippen LogP contribution >= 0.6 is 11.3 Å². The van der Waals surface area contributed by atoms with Crippen molar-refractivity contribution < 1.29 is 4.79 Å². The first kappa shape index (κ1) is 17.3. The topological polar surface area (TPSA) is 25.2 Å². The number of nitrogens with zero attached hydrogens (tertiary/aromatic N) is 2. The summed E-state index contributed by atoms with van der Waals surface area (Å²) in [5.74, 6) is 0.126. The van der Waals surface area contributed by atoms with Crippen molar-refractivity contribution in [2.45, 2.75) is 25.9 Å². The van der Waals surface area contributed by atoms with Gasteiger partial charge >= 0.3 is 0 Å². The standard InChI is InChI=1S/C24H22N2OS/c1-17(18-7-3-2-4-8-18)26-21-12-14-28-23(21)15-22(26)24(27)25-13-11-19-9-5-6-10-20(19)16-25/h2-10,12,14-15,17H,11,13,16H2,1H3. The Morgan fingerprint density at radius 1 is 1.00 bits per heavy atom. The second kappa shape index (κ2) is 6.95. The van der Waals surface area contributed by atoms with Crippen LogP contribution in [0.15, 0.2) is 72.1 Å². The van der Waals surface area contributed by atoms with Gasteiger partial charge in [0.1, 0.15) is 5.69 Å². The molecule has 5 rings (SSSR count). The average molecular weight is 387 g/mol. The van der Waals surface area contributed by atoms with Gasteiger partial charge in [0.05, 0.1) is 16.3 Å². The Hall–Kier alpha value is -2.85. The minimum atomic E-state index is 0.101. The molecule has 1 aliphatic rings. The lowest BCUT2D eigenvalue weighted by Gasteiger charge is -2.30. The molecule has 0 fully saturated rings. The zero-order chi connectivity index (χ0) is 19.1. The molecule has 1 amide bonds. The highest BCUT2D eigenvalue weighted by atomic mass is 32.1. The van der Waals surface area contributed by atoms with Crippen molar-refractivity contribution in [3.63, 3.8) is 0 Å². The van der Waals surface area contributed by atoms with Gasteiger partial charge in [0.25, 0.3) is 5.91 Å². The van der Waals surface area contributed by atoms with Gasteiger partial charge in [-0.1, -0.05) is 54.6 Å². The molecule has 3 nitrogen and oxygen atoms in total. The number of fused-ring (bicyclic) bond motifs is 2. The fourth-order valence-corrected chi connectivity index (χ4v) is 5.05. The van der Waals surface area contributed by atoms with Gasteiger partial charge in [-0.3, -0.25) is 4.79 Å². The Kier molecular flexibility index (Phi) is 4.29. The Bertz CT molecular complexity index is 1140. The smallest absolute Gasteiger partial charge is 0.270 e. The van der Waals surface area contributed by atoms with E-state index in [2.05, 4.69) is 77.5 Å². The van der Waals surface area contributed by atoms with Gasteiger partial charge in [0.15, 0.2) is 0 Å². The van der Waals surface area contributed by atoms with E-state index in [9.17, 15) is 4.79 Å². The summed E-state index contributed by atoms with van der Waals surface area (Å²) in [6.07, 6.45) is 0.922. The summed E-state index contributed by atoms with van der Waals surface area (Å²) >= 11 is 1.70. The van der Waals surface area contributed by atoms with Crippen LogP contribution in [0.25, 0.3) is 10.2 Å². The molecule has 0 bridgehead atoms. The van der Waals surface area contributed by atoms with Crippen LogP contribution in [0.2, 0.25) is 0 Å². The van der Waals surface area contributed by atoms with Crippen molar-refractivity contribution in [3.05, 3.63) is 94.5 Å². The highest BCUT2D eigenvalue weighted by Gasteiger charge is 2.27. The maximum absolute atomic E-state index is 13.5. The maximum Gasteiger partial charge on any atom is 0.270 e. The van der Waals surface area contributed by atoms with Crippen molar-refractivity contribution in [2.75, 3.05) is 6.54 Å². The second-order valence-corrected chi connectivity index (χ2v) is 8.35. The van der Waals surface area contributed by atoms with E-state index in [0.29, 0.717) is 6.54 Å². The van der Waals surface area contributed by atoms with Crippen molar-refractivity contribution in [1.29, 1.82) is 0 Å². The molecular weight excluding hydrogens is 364 g/mol. The first-order valence-electron chi connectivity index (χ1n) is 9.72. The van der Waals surface area contributed by atoms with Crippen molar-refractivity contribution in [2.24, 2.45) is 0 Å². The molecule has 1 unspecified atom stereocenters. The van der Waals surface area contributed by atoms with Gasteiger partial charge in [-0.05, 0) is 47.5 Å². The molecule has 0 spiro atoms. The van der Waals surface area contributed by atoms with Gasteiger partial charge in [0.2, 0.25) is 0 Å². The summed E-state index contributed by atoms with van der Waals surface area (Å²) in [6, 6.07) is 23.2. The monoisotopic (exact) mass is 386 g/mol. The molecule has 0 radical (unpaired) electrons. The lowest BCUT2D eigenvalue weighted by atomic mass is 10.00. The van der Waals surface area contributed by atoms with E-state index in [4.69, 9.17) is 0 Å². The fourth-order valence-electron chi connectivity index (χ4n) is 4.24. The fraction of sp³-hybridized carbons (Fsp3) is 0.208. The second-order valence-electron chi connectivity index (χ2n) is 7.40. The summed E-state index contributed by atoms with van der Waals surface area (Å²) < 4.78 is 3.38. The van der Waals surface area contributed by atoms with Crippen LogP contribution < -0.4 is 0 Å². The van der Waals surface area contributed by atoms with Crippen LogP contribution in [-0.4, -0.2) is 21.9 Å². The van der Waals surface area contributed by atoms with E-state index in [0.717, 1.165) is 24.2 Å². The van der Waals surface area contributed by atoms with Crippen LogP contribution in [0.3, 0.4) is 0 Å². The maximum atomic E-state index is 13.5. The SMILES string of the molecule is CC(c1ccccc1)n1c(C(=O)N2CCc3ccccc3C2)cc2sccc21. The van der Waals surface area contributed by atoms with E-state index < -0.39 is 0 Å². The van der Waals surface area contributed by atoms with E-state index in [-0.39, 0.29) is 11.9 Å². The van der Waals surface area contributed by atoms with Crippen LogP contribution in [-0.2, 0) is 13.0 Å². The number of hydrogen-bond donors (Lipinski definition) is 0. The van der Waals surface area contributed by atoms with E-state index in [1.807, 2.05) is 11.0 Å². The molecule has 0 saturated heterocycles. The Morgan fingerprint density at radius 2 is 1.75 bits per heavy atom. The molecule has 3 heterocycles. The summed E-state index contributed by atoms with van der Waals surface area (Å²) in [5.41, 5.74) is 5.77. The van der Waals surface area contributed by atoms with Crippen molar-refractivity contribution in [3.8, 4) is 0 Å². The van der Waals surface area contributed by atoms with Gasteiger partial charge < -0.3 is 9.47 Å². The quantitative estimate of drug-likeness (QED) is 0.456.